The highest BCUT2D eigenvalue weighted by Gasteiger charge is 2.51. The van der Waals surface area contributed by atoms with Gasteiger partial charge in [-0.1, -0.05) is 120 Å². The van der Waals surface area contributed by atoms with Crippen molar-refractivity contribution in [3.05, 3.63) is 60.7 Å². The van der Waals surface area contributed by atoms with Gasteiger partial charge in [0.25, 0.3) is 0 Å². The van der Waals surface area contributed by atoms with Crippen LogP contribution in [0, 0.1) is 0 Å². The minimum Gasteiger partial charge on any atom is -0.134 e. The van der Waals surface area contributed by atoms with Crippen LogP contribution in [0.3, 0.4) is 0 Å². The van der Waals surface area contributed by atoms with Gasteiger partial charge in [-0.2, -0.15) is 0 Å². The molecule has 2 aromatic carbocycles. The molecule has 0 saturated carbocycles. The molecule has 0 bridgehead atoms. The maximum absolute atomic E-state index is 2.51. The molecule has 0 heterocycles. The standard InChI is InChI=1S/C22H35PSi2/c1-7-24(8-2,9-3)23-25(22(4,5)6,20-16-12-10-13-17-20)21-18-14-11-15-19-21/h10-19,23H,7-9H2,1-6H3. The van der Waals surface area contributed by atoms with E-state index in [1.807, 2.05) is 0 Å². The van der Waals surface area contributed by atoms with E-state index in [9.17, 15) is 0 Å². The van der Waals surface area contributed by atoms with E-state index in [4.69, 9.17) is 0 Å². The van der Waals surface area contributed by atoms with Crippen molar-refractivity contribution in [3.63, 3.8) is 0 Å². The largest absolute Gasteiger partial charge is 0.142 e. The first-order valence-electron chi connectivity index (χ1n) is 9.75. The lowest BCUT2D eigenvalue weighted by Crippen LogP contribution is -2.63. The molecule has 0 saturated heterocycles. The molecule has 1 atom stereocenters. The molecule has 2 rings (SSSR count). The second-order valence-electron chi connectivity index (χ2n) is 8.20. The highest BCUT2D eigenvalue weighted by atomic mass is 31.6. The Morgan fingerprint density at radius 1 is 0.680 bits per heavy atom. The zero-order valence-electron chi connectivity index (χ0n) is 16.9. The van der Waals surface area contributed by atoms with E-state index >= 15 is 0 Å². The van der Waals surface area contributed by atoms with Gasteiger partial charge in [0.2, 0.25) is 0 Å². The Morgan fingerprint density at radius 3 is 1.32 bits per heavy atom. The van der Waals surface area contributed by atoms with Crippen molar-refractivity contribution in [3.8, 4) is 0 Å². The second kappa shape index (κ2) is 8.33. The van der Waals surface area contributed by atoms with Crippen LogP contribution >= 0.6 is 7.68 Å². The van der Waals surface area contributed by atoms with E-state index in [0.717, 1.165) is 7.68 Å². The first-order valence-corrected chi connectivity index (χ1v) is 17.4. The lowest BCUT2D eigenvalue weighted by molar-refractivity contribution is 0.745. The van der Waals surface area contributed by atoms with E-state index in [1.165, 1.54) is 18.1 Å². The third-order valence-corrected chi connectivity index (χ3v) is 33.7. The van der Waals surface area contributed by atoms with E-state index in [2.05, 4.69) is 102 Å². The van der Waals surface area contributed by atoms with Gasteiger partial charge in [-0.3, -0.25) is 0 Å². The molecule has 136 valence electrons. The fraction of sp³-hybridized carbons (Fsp3) is 0.455. The van der Waals surface area contributed by atoms with Gasteiger partial charge < -0.3 is 0 Å². The third kappa shape index (κ3) is 4.02. The molecule has 25 heavy (non-hydrogen) atoms. The number of benzene rings is 2. The van der Waals surface area contributed by atoms with E-state index in [1.54, 1.807) is 10.4 Å². The van der Waals surface area contributed by atoms with Gasteiger partial charge in [-0.25, -0.2) is 0 Å². The summed E-state index contributed by atoms with van der Waals surface area (Å²) < 4.78 is 0. The summed E-state index contributed by atoms with van der Waals surface area (Å²) in [6, 6.07) is 27.3. The molecule has 0 amide bonds. The van der Waals surface area contributed by atoms with Gasteiger partial charge in [0.15, 0.2) is 0 Å². The molecule has 0 aliphatic rings. The van der Waals surface area contributed by atoms with Crippen LogP contribution in [-0.2, 0) is 0 Å². The van der Waals surface area contributed by atoms with Crippen LogP contribution in [0.4, 0.5) is 0 Å². The summed E-state index contributed by atoms with van der Waals surface area (Å²) in [5.41, 5.74) is 0. The minimum absolute atomic E-state index is 0.311. The summed E-state index contributed by atoms with van der Waals surface area (Å²) in [5.74, 6) is 0. The first-order chi connectivity index (χ1) is 11.8. The van der Waals surface area contributed by atoms with E-state index in [0.29, 0.717) is 5.04 Å². The van der Waals surface area contributed by atoms with Crippen molar-refractivity contribution in [2.75, 3.05) is 0 Å². The zero-order chi connectivity index (χ0) is 18.6. The van der Waals surface area contributed by atoms with Crippen LogP contribution in [0.5, 0.6) is 0 Å². The Kier molecular flexibility index (Phi) is 6.87. The predicted octanol–water partition coefficient (Wildman–Crippen LogP) is 6.23. The SMILES string of the molecule is CC[Si](CC)(CC)P[Si](c1ccccc1)(c1ccccc1)C(C)(C)C. The van der Waals surface area contributed by atoms with Crippen LogP contribution in [0.15, 0.2) is 60.7 Å². The Labute approximate surface area is 159 Å². The fourth-order valence-electron chi connectivity index (χ4n) is 4.15. The van der Waals surface area contributed by atoms with E-state index < -0.39 is 15.5 Å². The van der Waals surface area contributed by atoms with Gasteiger partial charge in [-0.05, 0) is 15.4 Å². The summed E-state index contributed by atoms with van der Waals surface area (Å²) in [6.45, 7) is 14.9. The highest BCUT2D eigenvalue weighted by molar-refractivity contribution is 8.11. The monoisotopic (exact) mass is 386 g/mol. The summed E-state index contributed by atoms with van der Waals surface area (Å²) >= 11 is 0. The van der Waals surface area contributed by atoms with Crippen LogP contribution in [0.1, 0.15) is 41.5 Å². The zero-order valence-corrected chi connectivity index (χ0v) is 19.9. The molecule has 0 radical (unpaired) electrons. The minimum atomic E-state index is -1.86. The van der Waals surface area contributed by atoms with E-state index in [-0.39, 0.29) is 0 Å². The molecule has 3 heteroatoms. The summed E-state index contributed by atoms with van der Waals surface area (Å²) in [6.07, 6.45) is 0. The van der Waals surface area contributed by atoms with Crippen molar-refractivity contribution < 1.29 is 0 Å². The van der Waals surface area contributed by atoms with Crippen molar-refractivity contribution in [2.24, 2.45) is 0 Å². The average Bonchev–Trinajstić information content (AvgIpc) is 2.64. The lowest BCUT2D eigenvalue weighted by Gasteiger charge is -2.49. The van der Waals surface area contributed by atoms with Gasteiger partial charge in [-0.15, -0.1) is 7.68 Å². The fourth-order valence-corrected chi connectivity index (χ4v) is 36.0. The Balaban J connectivity index is 2.77. The van der Waals surface area contributed by atoms with Crippen molar-refractivity contribution in [1.82, 2.24) is 0 Å². The topological polar surface area (TPSA) is 0 Å². The van der Waals surface area contributed by atoms with Crippen LogP contribution < -0.4 is 10.4 Å². The lowest BCUT2D eigenvalue weighted by atomic mass is 10.2. The predicted molar refractivity (Wildman–Crippen MR) is 123 cm³/mol. The molecular weight excluding hydrogens is 351 g/mol. The summed E-state index contributed by atoms with van der Waals surface area (Å²) in [5, 5.41) is 3.59. The Morgan fingerprint density at radius 2 is 1.04 bits per heavy atom. The van der Waals surface area contributed by atoms with Crippen LogP contribution in [0.2, 0.25) is 23.2 Å². The van der Waals surface area contributed by atoms with Crippen molar-refractivity contribution in [1.29, 1.82) is 0 Å². The van der Waals surface area contributed by atoms with Crippen molar-refractivity contribution in [2.45, 2.75) is 64.7 Å². The normalized spacial score (nSPS) is 13.5. The summed E-state index contributed by atoms with van der Waals surface area (Å²) in [7, 11) is -1.96. The number of rotatable bonds is 7. The smallest absolute Gasteiger partial charge is 0.134 e. The molecule has 1 unspecified atom stereocenters. The number of hydrogen-bond donors (Lipinski definition) is 0. The van der Waals surface area contributed by atoms with Gasteiger partial charge in [0.1, 0.15) is 7.74 Å². The van der Waals surface area contributed by atoms with Crippen LogP contribution in [0.25, 0.3) is 0 Å². The molecule has 0 aromatic heterocycles. The average molecular weight is 387 g/mol. The number of hydrogen-bond acceptors (Lipinski definition) is 0. The Bertz CT molecular complexity index is 595. The molecule has 0 N–H and O–H groups in total. The highest BCUT2D eigenvalue weighted by Crippen LogP contribution is 2.53. The summed E-state index contributed by atoms with van der Waals surface area (Å²) in [4.78, 5) is 0. The molecule has 0 aliphatic carbocycles. The Hall–Kier alpha value is -0.696. The molecule has 0 fully saturated rings. The molecule has 0 spiro atoms. The molecule has 0 nitrogen and oxygen atoms in total. The second-order valence-corrected chi connectivity index (χ2v) is 25.7. The molecule has 2 aromatic rings. The van der Waals surface area contributed by atoms with Gasteiger partial charge in [0.05, 0.1) is 7.74 Å². The maximum Gasteiger partial charge on any atom is 0.142 e. The maximum atomic E-state index is 2.51. The first kappa shape index (κ1) is 20.6. The quantitative estimate of drug-likeness (QED) is 0.391. The van der Waals surface area contributed by atoms with Gasteiger partial charge in [0, 0.05) is 0 Å². The third-order valence-electron chi connectivity index (χ3n) is 6.02. The molecular formula is C22H35PSi2. The van der Waals surface area contributed by atoms with Crippen molar-refractivity contribution >= 4 is 33.5 Å². The van der Waals surface area contributed by atoms with Crippen LogP contribution in [-0.4, -0.2) is 15.5 Å². The molecule has 0 aliphatic heterocycles. The van der Waals surface area contributed by atoms with Gasteiger partial charge >= 0.3 is 0 Å².